The fourth-order valence-corrected chi connectivity index (χ4v) is 3.59. The number of hydrogen-bond donors (Lipinski definition) is 3. The molecule has 0 atom stereocenters. The number of carbonyl (C=O) groups is 1. The summed E-state index contributed by atoms with van der Waals surface area (Å²) in [5.41, 5.74) is 11.6. The summed E-state index contributed by atoms with van der Waals surface area (Å²) in [5, 5.41) is 3.81. The van der Waals surface area contributed by atoms with Gasteiger partial charge in [0.25, 0.3) is 4.92 Å². The zero-order chi connectivity index (χ0) is 19.0. The van der Waals surface area contributed by atoms with E-state index in [-0.39, 0.29) is 12.3 Å². The molecule has 4 N–H and O–H groups in total. The number of rotatable bonds is 5. The predicted molar refractivity (Wildman–Crippen MR) is 104 cm³/mol. The minimum atomic E-state index is -0.0817. The molecule has 0 saturated carbocycles. The number of amides is 1. The van der Waals surface area contributed by atoms with Gasteiger partial charge in [-0.3, -0.25) is 4.79 Å². The molecule has 0 aliphatic carbocycles. The minimum absolute atomic E-state index is 0.0817. The number of benzene rings is 2. The highest BCUT2D eigenvalue weighted by molar-refractivity contribution is 6.05. The van der Waals surface area contributed by atoms with E-state index in [9.17, 15) is 9.70 Å². The average Bonchev–Trinajstić information content (AvgIpc) is 2.96. The van der Waals surface area contributed by atoms with E-state index in [2.05, 4.69) is 16.4 Å². The Balaban J connectivity index is 1.90. The molecule has 0 saturated heterocycles. The van der Waals surface area contributed by atoms with Crippen LogP contribution < -0.4 is 11.1 Å². The summed E-state index contributed by atoms with van der Waals surface area (Å²) in [6.45, 7) is 0.638. The lowest BCUT2D eigenvalue weighted by Crippen LogP contribution is -2.12. The van der Waals surface area contributed by atoms with Crippen LogP contribution in [0.2, 0.25) is 0 Å². The summed E-state index contributed by atoms with van der Waals surface area (Å²) in [5.74, 6) is -0.0817. The smallest absolute Gasteiger partial charge is 0.317 e. The van der Waals surface area contributed by atoms with Crippen LogP contribution in [-0.4, -0.2) is 29.5 Å². The molecule has 138 valence electrons. The second-order valence-corrected chi connectivity index (χ2v) is 6.65. The number of aromatic nitrogens is 1. The Kier molecular flexibility index (Phi) is 4.37. The van der Waals surface area contributed by atoms with Gasteiger partial charge in [0.05, 0.1) is 22.7 Å². The van der Waals surface area contributed by atoms with Gasteiger partial charge in [0.2, 0.25) is 5.91 Å². The predicted octanol–water partition coefficient (Wildman–Crippen LogP) is 3.19. The van der Waals surface area contributed by atoms with E-state index >= 15 is 0 Å². The number of aryl methyl sites for hydroxylation is 1. The molecule has 2 heterocycles. The number of nitrogens with one attached hydrogen (secondary N) is 2. The van der Waals surface area contributed by atoms with Gasteiger partial charge in [0.1, 0.15) is 0 Å². The Morgan fingerprint density at radius 3 is 2.85 bits per heavy atom. The molecule has 0 unspecified atom stereocenters. The van der Waals surface area contributed by atoms with Gasteiger partial charge in [0.15, 0.2) is 7.11 Å². The maximum atomic E-state index is 12.4. The zero-order valence-corrected chi connectivity index (χ0v) is 15.0. The fourth-order valence-electron chi connectivity index (χ4n) is 3.59. The first-order valence-electron chi connectivity index (χ1n) is 8.90. The molecule has 7 heteroatoms. The van der Waals surface area contributed by atoms with Crippen LogP contribution in [0.1, 0.15) is 17.5 Å². The quantitative estimate of drug-likeness (QED) is 0.605. The zero-order valence-electron chi connectivity index (χ0n) is 15.0. The molecular weight excluding hydrogens is 344 g/mol. The van der Waals surface area contributed by atoms with Crippen molar-refractivity contribution >= 4 is 28.2 Å². The molecule has 4 rings (SSSR count). The Morgan fingerprint density at radius 1 is 1.22 bits per heavy atom. The van der Waals surface area contributed by atoms with E-state index in [0.29, 0.717) is 17.2 Å². The highest BCUT2D eigenvalue weighted by atomic mass is 16.8. The molecule has 1 aliphatic heterocycles. The molecule has 0 radical (unpaired) electrons. The van der Waals surface area contributed by atoms with Gasteiger partial charge < -0.3 is 16.0 Å². The maximum absolute atomic E-state index is 12.4. The Morgan fingerprint density at radius 2 is 2.07 bits per heavy atom. The number of H-pyrrole nitrogens is 1. The van der Waals surface area contributed by atoms with Crippen LogP contribution in [0.15, 0.2) is 36.4 Å². The molecule has 1 aromatic heterocycles. The maximum Gasteiger partial charge on any atom is 0.317 e. The molecule has 0 bridgehead atoms. The topological polar surface area (TPSA) is 100 Å². The highest BCUT2D eigenvalue weighted by Gasteiger charge is 2.25. The third-order valence-electron chi connectivity index (χ3n) is 4.90. The van der Waals surface area contributed by atoms with Gasteiger partial charge in [-0.1, -0.05) is 6.07 Å². The summed E-state index contributed by atoms with van der Waals surface area (Å²) in [6.07, 6.45) is 2.03. The van der Waals surface area contributed by atoms with Crippen molar-refractivity contribution in [3.63, 3.8) is 0 Å². The molecular formula is C20H21N4O3+. The molecule has 0 spiro atoms. The van der Waals surface area contributed by atoms with Crippen LogP contribution in [-0.2, 0) is 22.5 Å². The number of aromatic amines is 1. The molecule has 2 aromatic carbocycles. The Bertz CT molecular complexity index is 1050. The van der Waals surface area contributed by atoms with E-state index < -0.39 is 0 Å². The molecule has 1 aliphatic rings. The number of hydrogen-bond acceptors (Lipinski definition) is 4. The highest BCUT2D eigenvalue weighted by Crippen LogP contribution is 2.39. The normalized spacial score (nSPS) is 12.9. The first kappa shape index (κ1) is 17.2. The van der Waals surface area contributed by atoms with Gasteiger partial charge >= 0.3 is 5.69 Å². The summed E-state index contributed by atoms with van der Waals surface area (Å²) >= 11 is 0. The number of fused-ring (bicyclic) bond motifs is 5. The van der Waals surface area contributed by atoms with E-state index in [0.717, 1.165) is 46.3 Å². The van der Waals surface area contributed by atoms with Crippen molar-refractivity contribution in [1.29, 1.82) is 0 Å². The number of carbonyl (C=O) groups excluding carboxylic acids is 1. The van der Waals surface area contributed by atoms with Crippen LogP contribution in [0.25, 0.3) is 22.2 Å². The summed E-state index contributed by atoms with van der Waals surface area (Å²) in [4.78, 5) is 32.9. The standard InChI is InChI=1S/C20H20N4O3/c1-27-24(26)13-5-7-17-14(10-13)15-11-19(25)22-18-6-4-12(3-2-8-21)9-16(18)20(15)23-17/h4-7,9-10H,2-3,8,11,21H2,1H3,(H-,22,23,25,26)/p+1. The minimum Gasteiger partial charge on any atom is -0.354 e. The van der Waals surface area contributed by atoms with Gasteiger partial charge in [-0.2, -0.15) is 0 Å². The van der Waals surface area contributed by atoms with Crippen molar-refractivity contribution in [2.24, 2.45) is 5.73 Å². The Labute approximate surface area is 156 Å². The Hall–Kier alpha value is -3.19. The van der Waals surface area contributed by atoms with Crippen molar-refractivity contribution in [3.8, 4) is 11.3 Å². The van der Waals surface area contributed by atoms with Gasteiger partial charge in [-0.25, -0.2) is 4.84 Å². The van der Waals surface area contributed by atoms with E-state index in [1.54, 1.807) is 12.1 Å². The van der Waals surface area contributed by atoms with Gasteiger partial charge in [-0.05, 0) is 48.7 Å². The van der Waals surface area contributed by atoms with E-state index in [4.69, 9.17) is 10.6 Å². The monoisotopic (exact) mass is 365 g/mol. The van der Waals surface area contributed by atoms with Crippen molar-refractivity contribution in [2.75, 3.05) is 19.0 Å². The SMILES string of the molecule is CO[N+](=O)c1ccc2[nH]c3c(c2c1)CC(=O)Nc1ccc(CCCN)cc1-3. The fraction of sp³-hybridized carbons (Fsp3) is 0.250. The molecule has 27 heavy (non-hydrogen) atoms. The number of anilines is 1. The van der Waals surface area contributed by atoms with E-state index in [1.165, 1.54) is 12.7 Å². The molecule has 7 nitrogen and oxygen atoms in total. The number of nitrogens with two attached hydrogens (primary N) is 1. The lowest BCUT2D eigenvalue weighted by Gasteiger charge is -2.09. The molecule has 0 fully saturated rings. The van der Waals surface area contributed by atoms with Crippen molar-refractivity contribution in [1.82, 2.24) is 4.98 Å². The molecule has 1 amide bonds. The van der Waals surface area contributed by atoms with Crippen LogP contribution in [0, 0.1) is 4.91 Å². The van der Waals surface area contributed by atoms with Crippen molar-refractivity contribution < 1.29 is 14.6 Å². The summed E-state index contributed by atoms with van der Waals surface area (Å²) < 4.78 is 0. The summed E-state index contributed by atoms with van der Waals surface area (Å²) in [7, 11) is 1.32. The van der Waals surface area contributed by atoms with E-state index in [1.807, 2.05) is 18.2 Å². The first-order valence-corrected chi connectivity index (χ1v) is 8.90. The third-order valence-corrected chi connectivity index (χ3v) is 4.90. The second kappa shape index (κ2) is 6.85. The first-order chi connectivity index (χ1) is 13.1. The van der Waals surface area contributed by atoms with Crippen LogP contribution >= 0.6 is 0 Å². The molecule has 3 aromatic rings. The summed E-state index contributed by atoms with van der Waals surface area (Å²) in [6, 6.07) is 11.3. The largest absolute Gasteiger partial charge is 0.354 e. The lowest BCUT2D eigenvalue weighted by molar-refractivity contribution is -0.736. The second-order valence-electron chi connectivity index (χ2n) is 6.65. The van der Waals surface area contributed by atoms with Crippen LogP contribution in [0.5, 0.6) is 0 Å². The van der Waals surface area contributed by atoms with Crippen molar-refractivity contribution in [3.05, 3.63) is 52.4 Å². The average molecular weight is 365 g/mol. The van der Waals surface area contributed by atoms with Gasteiger partial charge in [0, 0.05) is 28.6 Å². The number of nitrogens with zero attached hydrogens (tertiary/aromatic N) is 1. The van der Waals surface area contributed by atoms with Gasteiger partial charge in [-0.15, -0.1) is 0 Å². The van der Waals surface area contributed by atoms with Crippen LogP contribution in [0.4, 0.5) is 11.4 Å². The van der Waals surface area contributed by atoms with Crippen molar-refractivity contribution in [2.45, 2.75) is 19.3 Å². The third kappa shape index (κ3) is 3.06. The van der Waals surface area contributed by atoms with Crippen LogP contribution in [0.3, 0.4) is 0 Å². The lowest BCUT2D eigenvalue weighted by atomic mass is 9.99.